The molecule has 0 fully saturated rings. The van der Waals surface area contributed by atoms with E-state index in [1.165, 1.54) is 12.1 Å². The molecule has 0 saturated heterocycles. The number of hydrazine groups is 2. The predicted molar refractivity (Wildman–Crippen MR) is 167 cm³/mol. The normalized spacial score (nSPS) is 15.8. The van der Waals surface area contributed by atoms with E-state index in [9.17, 15) is 9.59 Å². The van der Waals surface area contributed by atoms with E-state index in [4.69, 9.17) is 48.9 Å². The summed E-state index contributed by atoms with van der Waals surface area (Å²) in [6.07, 6.45) is 7.59. The Morgan fingerprint density at radius 3 is 2.09 bits per heavy atom. The SMILES string of the molecule is C.NNc1nnc(Cl)c2ccccc12.O=C(NNC1=NN=C(Cl)C2C=CC=CC12)c1cc(CO)on1.O=C(O)c1cc(CO)on1. The molecule has 1 aliphatic heterocycles. The van der Waals surface area contributed by atoms with Crippen LogP contribution in [0.5, 0.6) is 0 Å². The minimum Gasteiger partial charge on any atom is -0.476 e. The highest BCUT2D eigenvalue weighted by Gasteiger charge is 2.31. The van der Waals surface area contributed by atoms with Gasteiger partial charge in [-0.15, -0.1) is 20.4 Å². The van der Waals surface area contributed by atoms with E-state index in [0.717, 1.165) is 10.8 Å². The molecule has 17 nitrogen and oxygen atoms in total. The Morgan fingerprint density at radius 1 is 0.891 bits per heavy atom. The Balaban J connectivity index is 0.000000204. The number of allylic oxidation sites excluding steroid dienone is 3. The van der Waals surface area contributed by atoms with E-state index >= 15 is 0 Å². The molecule has 0 radical (unpaired) electrons. The molecule has 0 spiro atoms. The van der Waals surface area contributed by atoms with Crippen LogP contribution in [0, 0.1) is 11.8 Å². The van der Waals surface area contributed by atoms with Crippen LogP contribution in [0.25, 0.3) is 10.8 Å². The standard InChI is InChI=1S/C13H12ClN5O3.C8H7ClN4.C5H5NO4.CH4/c14-11-8-3-1-2-4-9(8)12(16-15-11)17-18-13(21)10-5-7(6-20)22-19-10;9-7-5-3-1-2-4-6(5)8(11-10)13-12-7;7-2-3-1-4(5(8)9)6-10-3;/h1-5,8-9,20H,6H2,(H,16,17)(H,18,21);1-4H,10H2,(H,11,13);1,7H,2H2,(H,8,9);1H4. The van der Waals surface area contributed by atoms with Crippen molar-refractivity contribution >= 4 is 62.7 Å². The van der Waals surface area contributed by atoms with Crippen molar-refractivity contribution in [2.75, 3.05) is 5.43 Å². The number of aliphatic hydroxyl groups excluding tert-OH is 2. The monoisotopic (exact) mass is 674 g/mol. The largest absolute Gasteiger partial charge is 0.476 e. The number of carboxylic acids is 1. The number of carboxylic acid groups (broad SMARTS) is 1. The summed E-state index contributed by atoms with van der Waals surface area (Å²) in [5, 5.41) is 50.1. The fourth-order valence-corrected chi connectivity index (χ4v) is 4.23. The van der Waals surface area contributed by atoms with E-state index in [0.29, 0.717) is 22.0 Å². The molecule has 2 atom stereocenters. The summed E-state index contributed by atoms with van der Waals surface area (Å²) in [5.41, 5.74) is 7.50. The van der Waals surface area contributed by atoms with Gasteiger partial charge in [0.1, 0.15) is 18.4 Å². The smallest absolute Gasteiger partial charge is 0.358 e. The van der Waals surface area contributed by atoms with Crippen molar-refractivity contribution in [3.05, 3.63) is 88.8 Å². The van der Waals surface area contributed by atoms with Crippen LogP contribution in [-0.2, 0) is 13.2 Å². The predicted octanol–water partition coefficient (Wildman–Crippen LogP) is 2.79. The first-order chi connectivity index (χ1) is 21.7. The molecule has 19 heteroatoms. The molecule has 2 unspecified atom stereocenters. The molecule has 2 aliphatic rings. The van der Waals surface area contributed by atoms with Crippen LogP contribution < -0.4 is 22.1 Å². The zero-order valence-corrected chi connectivity index (χ0v) is 24.3. The summed E-state index contributed by atoms with van der Waals surface area (Å²) >= 11 is 11.9. The highest BCUT2D eigenvalue weighted by molar-refractivity contribution is 6.66. The number of nitrogen functional groups attached to an aromatic ring is 1. The number of amidine groups is 1. The fourth-order valence-electron chi connectivity index (χ4n) is 3.78. The lowest BCUT2D eigenvalue weighted by Gasteiger charge is -2.26. The van der Waals surface area contributed by atoms with Crippen molar-refractivity contribution in [1.29, 1.82) is 0 Å². The number of carbonyl (C=O) groups is 2. The lowest BCUT2D eigenvalue weighted by Crippen LogP contribution is -2.47. The molecular formula is C27H28Cl2N10O7. The number of benzene rings is 1. The van der Waals surface area contributed by atoms with E-state index in [1.54, 1.807) is 0 Å². The van der Waals surface area contributed by atoms with Crippen molar-refractivity contribution < 1.29 is 34.0 Å². The van der Waals surface area contributed by atoms with Gasteiger partial charge in [0.2, 0.25) is 0 Å². The van der Waals surface area contributed by atoms with Gasteiger partial charge in [-0.25, -0.2) is 10.6 Å². The number of hydrogen-bond acceptors (Lipinski definition) is 15. The van der Waals surface area contributed by atoms with Crippen molar-refractivity contribution in [1.82, 2.24) is 31.4 Å². The van der Waals surface area contributed by atoms with Crippen LogP contribution in [0.2, 0.25) is 5.15 Å². The average Bonchev–Trinajstić information content (AvgIpc) is 3.76. The van der Waals surface area contributed by atoms with Gasteiger partial charge < -0.3 is 29.8 Å². The van der Waals surface area contributed by atoms with Gasteiger partial charge in [0.25, 0.3) is 5.91 Å². The average molecular weight is 675 g/mol. The van der Waals surface area contributed by atoms with Crippen LogP contribution in [0.15, 0.2) is 80.0 Å². The summed E-state index contributed by atoms with van der Waals surface area (Å²) in [5.74, 6) is 4.72. The fraction of sp³-hybridized carbons (Fsp3) is 0.185. The number of hydrogen-bond donors (Lipinski definition) is 7. The number of anilines is 1. The third-order valence-electron chi connectivity index (χ3n) is 5.94. The number of amides is 1. The summed E-state index contributed by atoms with van der Waals surface area (Å²) < 4.78 is 9.14. The van der Waals surface area contributed by atoms with Crippen molar-refractivity contribution in [2.45, 2.75) is 20.6 Å². The molecule has 6 rings (SSSR count). The van der Waals surface area contributed by atoms with Gasteiger partial charge in [-0.1, -0.05) is 89.5 Å². The quantitative estimate of drug-likeness (QED) is 0.119. The summed E-state index contributed by atoms with van der Waals surface area (Å²) in [6.45, 7) is -0.658. The molecule has 0 bridgehead atoms. The Morgan fingerprint density at radius 2 is 1.50 bits per heavy atom. The molecule has 1 amide bonds. The maximum atomic E-state index is 11.9. The molecule has 46 heavy (non-hydrogen) atoms. The first kappa shape index (κ1) is 35.3. The van der Waals surface area contributed by atoms with E-state index in [-0.39, 0.29) is 55.4 Å². The molecule has 4 aromatic rings. The van der Waals surface area contributed by atoms with Gasteiger partial charge in [0.15, 0.2) is 39.7 Å². The van der Waals surface area contributed by atoms with Gasteiger partial charge in [-0.05, 0) is 0 Å². The number of aliphatic hydroxyl groups is 2. The molecule has 0 saturated carbocycles. The topological polar surface area (TPSA) is 259 Å². The van der Waals surface area contributed by atoms with Crippen LogP contribution in [0.3, 0.4) is 0 Å². The van der Waals surface area contributed by atoms with Gasteiger partial charge in [-0.2, -0.15) is 0 Å². The third-order valence-corrected chi connectivity index (χ3v) is 6.55. The zero-order chi connectivity index (χ0) is 32.3. The zero-order valence-electron chi connectivity index (χ0n) is 22.8. The highest BCUT2D eigenvalue weighted by atomic mass is 35.5. The van der Waals surface area contributed by atoms with E-state index < -0.39 is 11.9 Å². The molecule has 242 valence electrons. The minimum atomic E-state index is -1.16. The van der Waals surface area contributed by atoms with Crippen molar-refractivity contribution in [3.63, 3.8) is 0 Å². The summed E-state index contributed by atoms with van der Waals surface area (Å²) in [4.78, 5) is 22.0. The second kappa shape index (κ2) is 16.8. The molecule has 8 N–H and O–H groups in total. The van der Waals surface area contributed by atoms with Gasteiger partial charge in [0, 0.05) is 28.8 Å². The first-order valence-electron chi connectivity index (χ1n) is 12.7. The van der Waals surface area contributed by atoms with Gasteiger partial charge in [0.05, 0.1) is 5.92 Å². The van der Waals surface area contributed by atoms with Crippen LogP contribution in [0.4, 0.5) is 5.82 Å². The highest BCUT2D eigenvalue weighted by Crippen LogP contribution is 2.27. The van der Waals surface area contributed by atoms with Crippen molar-refractivity contribution in [2.24, 2.45) is 27.9 Å². The minimum absolute atomic E-state index is 0. The lowest BCUT2D eigenvalue weighted by molar-refractivity contribution is 0.0685. The molecule has 3 aromatic heterocycles. The number of nitrogens with one attached hydrogen (secondary N) is 3. The van der Waals surface area contributed by atoms with Crippen LogP contribution in [-0.4, -0.2) is 58.7 Å². The Kier molecular flexibility index (Phi) is 12.9. The van der Waals surface area contributed by atoms with Gasteiger partial charge >= 0.3 is 5.97 Å². The van der Waals surface area contributed by atoms with E-state index in [2.05, 4.69) is 51.5 Å². The maximum Gasteiger partial charge on any atom is 0.358 e. The molecule has 4 heterocycles. The summed E-state index contributed by atoms with van der Waals surface area (Å²) in [6, 6.07) is 10.0. The number of aromatic nitrogens is 4. The number of aromatic carboxylic acids is 1. The Labute approximate surface area is 270 Å². The second-order valence-electron chi connectivity index (χ2n) is 8.82. The Bertz CT molecular complexity index is 1790. The molecule has 1 aromatic carbocycles. The number of rotatable bonds is 5. The van der Waals surface area contributed by atoms with Gasteiger partial charge in [-0.3, -0.25) is 15.6 Å². The molecular weight excluding hydrogens is 647 g/mol. The number of nitrogens with two attached hydrogens (primary N) is 1. The van der Waals surface area contributed by atoms with Crippen LogP contribution >= 0.6 is 23.2 Å². The maximum absolute atomic E-state index is 11.9. The number of fused-ring (bicyclic) bond motifs is 2. The number of nitrogens with zero attached hydrogens (tertiary/aromatic N) is 6. The van der Waals surface area contributed by atoms with Crippen LogP contribution in [0.1, 0.15) is 39.9 Å². The number of halogens is 2. The summed E-state index contributed by atoms with van der Waals surface area (Å²) in [7, 11) is 0. The molecule has 1 aliphatic carbocycles. The second-order valence-corrected chi connectivity index (χ2v) is 9.56. The number of carbonyl (C=O) groups excluding carboxylic acids is 1. The Hall–Kier alpha value is -5.20. The lowest BCUT2D eigenvalue weighted by atomic mass is 9.87. The van der Waals surface area contributed by atoms with E-state index in [1.807, 2.05) is 48.6 Å². The first-order valence-corrected chi connectivity index (χ1v) is 13.5. The van der Waals surface area contributed by atoms with Crippen molar-refractivity contribution in [3.8, 4) is 0 Å². The third kappa shape index (κ3) is 8.71.